The number of fused-ring (bicyclic) bond motifs is 1. The van der Waals surface area contributed by atoms with Crippen molar-refractivity contribution in [2.75, 3.05) is 0 Å². The van der Waals surface area contributed by atoms with Crippen LogP contribution < -0.4 is 0 Å². The molecule has 14 heavy (non-hydrogen) atoms. The Balaban J connectivity index is 0.000000461. The van der Waals surface area contributed by atoms with Gasteiger partial charge in [-0.15, -0.1) is 0 Å². The van der Waals surface area contributed by atoms with E-state index in [1.165, 1.54) is 12.0 Å². The number of carbonyl (C=O) groups excluding carboxylic acids is 1. The summed E-state index contributed by atoms with van der Waals surface area (Å²) in [6, 6.07) is 0. The van der Waals surface area contributed by atoms with Crippen LogP contribution in [0.25, 0.3) is 0 Å². The second kappa shape index (κ2) is 4.59. The van der Waals surface area contributed by atoms with Crippen LogP contribution in [-0.2, 0) is 4.79 Å². The molecular formula is C13H20O. The molecule has 0 aliphatic heterocycles. The van der Waals surface area contributed by atoms with Gasteiger partial charge in [0.05, 0.1) is 0 Å². The van der Waals surface area contributed by atoms with E-state index >= 15 is 0 Å². The summed E-state index contributed by atoms with van der Waals surface area (Å²) in [4.78, 5) is 11.2. The Morgan fingerprint density at radius 3 is 2.43 bits per heavy atom. The second-order valence-corrected chi connectivity index (χ2v) is 3.75. The average Bonchev–Trinajstić information content (AvgIpc) is 2.96. The van der Waals surface area contributed by atoms with Crippen molar-refractivity contribution in [3.8, 4) is 0 Å². The molecule has 0 radical (unpaired) electrons. The van der Waals surface area contributed by atoms with Crippen LogP contribution in [0.5, 0.6) is 0 Å². The molecule has 0 spiro atoms. The number of Topliss-reactive ketones (excluding diaryl/α,β-unsaturated/α-hetero) is 1. The molecule has 2 aliphatic carbocycles. The van der Waals surface area contributed by atoms with Crippen molar-refractivity contribution < 1.29 is 4.79 Å². The summed E-state index contributed by atoms with van der Waals surface area (Å²) < 4.78 is 0. The molecule has 0 aromatic rings. The largest absolute Gasteiger partial charge is 0.295 e. The normalized spacial score (nSPS) is 27.7. The van der Waals surface area contributed by atoms with E-state index in [1.54, 1.807) is 6.92 Å². The summed E-state index contributed by atoms with van der Waals surface area (Å²) in [7, 11) is 0. The van der Waals surface area contributed by atoms with Crippen molar-refractivity contribution in [3.05, 3.63) is 23.3 Å². The Morgan fingerprint density at radius 2 is 1.93 bits per heavy atom. The van der Waals surface area contributed by atoms with E-state index in [0.717, 1.165) is 17.9 Å². The van der Waals surface area contributed by atoms with Crippen molar-refractivity contribution in [1.29, 1.82) is 0 Å². The number of hydrogen-bond donors (Lipinski definition) is 0. The molecule has 0 bridgehead atoms. The van der Waals surface area contributed by atoms with Crippen LogP contribution in [0.15, 0.2) is 23.3 Å². The van der Waals surface area contributed by atoms with Crippen molar-refractivity contribution in [2.45, 2.75) is 40.5 Å². The summed E-state index contributed by atoms with van der Waals surface area (Å²) in [5.74, 6) is 1.69. The first-order valence-corrected chi connectivity index (χ1v) is 5.66. The van der Waals surface area contributed by atoms with Crippen LogP contribution in [-0.4, -0.2) is 5.78 Å². The van der Waals surface area contributed by atoms with Gasteiger partial charge in [-0.25, -0.2) is 0 Å². The third-order valence-electron chi connectivity index (χ3n) is 2.79. The highest BCUT2D eigenvalue weighted by molar-refractivity contribution is 5.98. The van der Waals surface area contributed by atoms with Crippen LogP contribution in [0.3, 0.4) is 0 Å². The highest BCUT2D eigenvalue weighted by Crippen LogP contribution is 2.46. The minimum atomic E-state index is 0.230. The van der Waals surface area contributed by atoms with E-state index in [9.17, 15) is 4.79 Å². The fourth-order valence-corrected chi connectivity index (χ4v) is 1.94. The third-order valence-corrected chi connectivity index (χ3v) is 2.79. The zero-order valence-electron chi connectivity index (χ0n) is 9.63. The Bertz CT molecular complexity index is 284. The molecule has 2 atom stereocenters. The van der Waals surface area contributed by atoms with E-state index < -0.39 is 0 Å². The molecule has 1 heteroatoms. The van der Waals surface area contributed by atoms with Crippen molar-refractivity contribution >= 4 is 5.78 Å². The summed E-state index contributed by atoms with van der Waals surface area (Å²) in [5.41, 5.74) is 2.25. The van der Waals surface area contributed by atoms with Gasteiger partial charge in [-0.1, -0.05) is 32.9 Å². The van der Waals surface area contributed by atoms with Crippen LogP contribution in [0.4, 0.5) is 0 Å². The smallest absolute Gasteiger partial charge is 0.159 e. The SMILES string of the molecule is CC.CCC1=CC2CC2C=C1C(C)=O. The van der Waals surface area contributed by atoms with E-state index in [4.69, 9.17) is 0 Å². The van der Waals surface area contributed by atoms with Crippen molar-refractivity contribution in [2.24, 2.45) is 11.8 Å². The molecule has 2 aliphatic rings. The highest BCUT2D eigenvalue weighted by Gasteiger charge is 2.37. The van der Waals surface area contributed by atoms with Gasteiger partial charge in [0.2, 0.25) is 0 Å². The first-order chi connectivity index (χ1) is 6.72. The van der Waals surface area contributed by atoms with Crippen molar-refractivity contribution in [1.82, 2.24) is 0 Å². The molecule has 0 N–H and O–H groups in total. The summed E-state index contributed by atoms with van der Waals surface area (Å²) in [6.07, 6.45) is 6.72. The van der Waals surface area contributed by atoms with Gasteiger partial charge in [-0.2, -0.15) is 0 Å². The van der Waals surface area contributed by atoms with Crippen LogP contribution in [0, 0.1) is 11.8 Å². The topological polar surface area (TPSA) is 17.1 Å². The zero-order chi connectivity index (χ0) is 10.7. The molecule has 0 aromatic heterocycles. The predicted octanol–water partition coefficient (Wildman–Crippen LogP) is 3.51. The number of rotatable bonds is 2. The van der Waals surface area contributed by atoms with E-state index in [0.29, 0.717) is 5.92 Å². The van der Waals surface area contributed by atoms with Gasteiger partial charge in [-0.3, -0.25) is 4.79 Å². The van der Waals surface area contributed by atoms with E-state index in [2.05, 4.69) is 19.1 Å². The predicted molar refractivity (Wildman–Crippen MR) is 60.1 cm³/mol. The van der Waals surface area contributed by atoms with Gasteiger partial charge in [0.1, 0.15) is 0 Å². The molecule has 1 saturated carbocycles. The number of hydrogen-bond acceptors (Lipinski definition) is 1. The molecule has 2 rings (SSSR count). The minimum Gasteiger partial charge on any atom is -0.295 e. The van der Waals surface area contributed by atoms with Gasteiger partial charge >= 0.3 is 0 Å². The van der Waals surface area contributed by atoms with Gasteiger partial charge in [0.25, 0.3) is 0 Å². The monoisotopic (exact) mass is 192 g/mol. The van der Waals surface area contributed by atoms with Crippen LogP contribution >= 0.6 is 0 Å². The Kier molecular flexibility index (Phi) is 3.68. The zero-order valence-corrected chi connectivity index (χ0v) is 9.63. The standard InChI is InChI=1S/C11H14O.C2H6/c1-3-8-4-9-5-10(9)6-11(8)7(2)12;1-2/h4,6,9-10H,3,5H2,1-2H3;1-2H3. The van der Waals surface area contributed by atoms with Crippen LogP contribution in [0.1, 0.15) is 40.5 Å². The molecule has 2 unspecified atom stereocenters. The molecule has 1 fully saturated rings. The fourth-order valence-electron chi connectivity index (χ4n) is 1.94. The molecule has 78 valence electrons. The van der Waals surface area contributed by atoms with Gasteiger partial charge in [-0.05, 0) is 37.2 Å². The van der Waals surface area contributed by atoms with Gasteiger partial charge < -0.3 is 0 Å². The quantitative estimate of drug-likeness (QED) is 0.654. The lowest BCUT2D eigenvalue weighted by Gasteiger charge is -2.10. The molecule has 0 heterocycles. The first kappa shape index (κ1) is 11.2. The fraction of sp³-hybridized carbons (Fsp3) is 0.615. The lowest BCUT2D eigenvalue weighted by atomic mass is 9.93. The lowest BCUT2D eigenvalue weighted by Crippen LogP contribution is -2.04. The number of allylic oxidation sites excluding steroid dienone is 4. The minimum absolute atomic E-state index is 0.230. The molecule has 0 saturated heterocycles. The average molecular weight is 192 g/mol. The summed E-state index contributed by atoms with van der Waals surface area (Å²) in [5, 5.41) is 0. The van der Waals surface area contributed by atoms with E-state index in [1.807, 2.05) is 13.8 Å². The lowest BCUT2D eigenvalue weighted by molar-refractivity contribution is -0.113. The first-order valence-electron chi connectivity index (χ1n) is 5.66. The third kappa shape index (κ3) is 2.14. The Labute approximate surface area is 86.9 Å². The van der Waals surface area contributed by atoms with Crippen LogP contribution in [0.2, 0.25) is 0 Å². The molecule has 0 aromatic carbocycles. The molecule has 0 amide bonds. The van der Waals surface area contributed by atoms with Gasteiger partial charge in [0.15, 0.2) is 5.78 Å². The summed E-state index contributed by atoms with van der Waals surface area (Å²) in [6.45, 7) is 7.78. The highest BCUT2D eigenvalue weighted by atomic mass is 16.1. The number of ketones is 1. The van der Waals surface area contributed by atoms with Gasteiger partial charge in [0, 0.05) is 5.57 Å². The van der Waals surface area contributed by atoms with Crippen molar-refractivity contribution in [3.63, 3.8) is 0 Å². The maximum atomic E-state index is 11.2. The van der Waals surface area contributed by atoms with E-state index in [-0.39, 0.29) is 5.78 Å². The molecular weight excluding hydrogens is 172 g/mol. The summed E-state index contributed by atoms with van der Waals surface area (Å²) >= 11 is 0. The number of carbonyl (C=O) groups is 1. The molecule has 1 nitrogen and oxygen atoms in total. The maximum Gasteiger partial charge on any atom is 0.159 e. The second-order valence-electron chi connectivity index (χ2n) is 3.75. The Morgan fingerprint density at radius 1 is 1.36 bits per heavy atom. The Hall–Kier alpha value is -0.850. The maximum absolute atomic E-state index is 11.2.